The highest BCUT2D eigenvalue weighted by atomic mass is 31.2. The van der Waals surface area contributed by atoms with Crippen molar-refractivity contribution in [3.05, 3.63) is 66.2 Å². The highest BCUT2D eigenvalue weighted by Crippen LogP contribution is 2.49. The number of amides is 11. The summed E-state index contributed by atoms with van der Waals surface area (Å²) < 4.78 is 36.5. The number of nitrogens with one attached hydrogen (secondary N) is 4. The van der Waals surface area contributed by atoms with Crippen molar-refractivity contribution in [2.45, 2.75) is 236 Å². The number of rotatable bonds is 25. The second-order valence-corrected chi connectivity index (χ2v) is 33.2. The van der Waals surface area contributed by atoms with Gasteiger partial charge >= 0.3 is 13.6 Å². The molecule has 0 bridgehead atoms. The molecule has 1 heterocycles. The standard InChI is InChI=1S/C79H128N11O18P/c1-26-59-74(98)84(19)44-64(91)85(20)60(40-46(3)4)71(95)83-65(50(11)12)77(101)86(21)61(41-47(5)6)70(94)80-53(16)69(93)81-54(17)73(97)87(22)62(42-48(7)8)75(99)88(23)63(43-49(9)10)76(100)89(24)66(51(13)14)78(102)90(25)67(72(96)82-59)68(92)52(15)32-31-33-56-36-38-57(39-37-56)106-45-109(104,107-55(18)79(103)105-27-2)108-58-34-29-28-30-35-58/h28-31,33-39,46-55,59-63,65-68,92H,26-27,32,40-45H2,1-25H3,(H,80,94)(H,81,93)(H,82,96)(H,83,95)/t52-,53+,54-,55-,59+,60+,61+,62+,63+,65+,66+,67+,68-,109?/m1/s1. The fourth-order valence-corrected chi connectivity index (χ4v) is 14.3. The molecule has 3 rings (SSSR count). The molecule has 612 valence electrons. The molecule has 0 radical (unpaired) electrons. The van der Waals surface area contributed by atoms with Crippen LogP contribution >= 0.6 is 7.60 Å². The lowest BCUT2D eigenvalue weighted by atomic mass is 9.91. The second kappa shape index (κ2) is 43.8. The van der Waals surface area contributed by atoms with Crippen LogP contribution < -0.4 is 30.5 Å². The van der Waals surface area contributed by atoms with Crippen LogP contribution in [0.15, 0.2) is 60.7 Å². The number of carbonyl (C=O) groups excluding carboxylic acids is 12. The summed E-state index contributed by atoms with van der Waals surface area (Å²) in [5.74, 6) is -11.0. The molecule has 30 heteroatoms. The Morgan fingerprint density at radius 2 is 1.00 bits per heavy atom. The Labute approximate surface area is 646 Å². The minimum Gasteiger partial charge on any atom is -0.480 e. The molecule has 1 fully saturated rings. The molecule has 0 aromatic heterocycles. The number of aliphatic hydroxyl groups excluding tert-OH is 1. The van der Waals surface area contributed by atoms with E-state index < -0.39 is 182 Å². The third-order valence-electron chi connectivity index (χ3n) is 19.3. The van der Waals surface area contributed by atoms with E-state index in [0.717, 1.165) is 9.80 Å². The fourth-order valence-electron chi connectivity index (χ4n) is 12.8. The molecule has 1 unspecified atom stereocenters. The van der Waals surface area contributed by atoms with Crippen LogP contribution in [0.4, 0.5) is 0 Å². The van der Waals surface area contributed by atoms with Crippen molar-refractivity contribution in [2.75, 3.05) is 68.8 Å². The topological polar surface area (TPSA) is 350 Å². The van der Waals surface area contributed by atoms with Crippen LogP contribution in [0.25, 0.3) is 6.08 Å². The van der Waals surface area contributed by atoms with Gasteiger partial charge in [-0.15, -0.1) is 0 Å². The Hall–Kier alpha value is -8.43. The maximum atomic E-state index is 15.6. The van der Waals surface area contributed by atoms with E-state index in [4.69, 9.17) is 18.5 Å². The van der Waals surface area contributed by atoms with Gasteiger partial charge in [0.25, 0.3) is 0 Å². The number of benzene rings is 2. The van der Waals surface area contributed by atoms with E-state index >= 15 is 19.2 Å². The molecule has 5 N–H and O–H groups in total. The third-order valence-corrected chi connectivity index (χ3v) is 20.9. The van der Waals surface area contributed by atoms with Crippen molar-refractivity contribution in [3.8, 4) is 11.5 Å². The Bertz CT molecular complexity index is 3460. The van der Waals surface area contributed by atoms with E-state index in [1.807, 2.05) is 55.4 Å². The summed E-state index contributed by atoms with van der Waals surface area (Å²) in [4.78, 5) is 184. The summed E-state index contributed by atoms with van der Waals surface area (Å²) in [6, 6.07) is 1.87. The lowest BCUT2D eigenvalue weighted by Gasteiger charge is -2.41. The van der Waals surface area contributed by atoms with Gasteiger partial charge in [-0.25, -0.2) is 9.36 Å². The lowest BCUT2D eigenvalue weighted by Crippen LogP contribution is -2.63. The van der Waals surface area contributed by atoms with Gasteiger partial charge in [0, 0.05) is 49.3 Å². The van der Waals surface area contributed by atoms with Gasteiger partial charge in [-0.1, -0.05) is 139 Å². The first-order valence-electron chi connectivity index (χ1n) is 38.1. The first-order chi connectivity index (χ1) is 50.7. The SMILES string of the molecule is CCOC(=O)[C@@H](C)OP(=O)(COc1ccc(C=CC[C@@H](C)[C@@H](O)[C@H]2C(=O)N[C@@H](CC)C(=O)N(C)CC(=O)N(C)[C@@H](CC(C)C)C(=O)N[C@@H](C(C)C)C(=O)N(C)[C@@H](CC(C)C)C(=O)N[C@@H](C)C(=O)N[C@H](C)C(=O)N(C)[C@@H](CC(C)C)C(=O)N(C)[C@@H](CC(C)C)C(=O)N(C)[C@@H](C(C)C)C(=O)N2C)cc1)Oc1ccccc1. The maximum absolute atomic E-state index is 15.6. The number of ether oxygens (including phenoxy) is 2. The second-order valence-electron chi connectivity index (χ2n) is 31.3. The quantitative estimate of drug-likeness (QED) is 0.0494. The molecule has 2 aromatic rings. The minimum atomic E-state index is -4.15. The van der Waals surface area contributed by atoms with E-state index in [2.05, 4.69) is 21.3 Å². The van der Waals surface area contributed by atoms with Gasteiger partial charge in [-0.05, 0) is 137 Å². The van der Waals surface area contributed by atoms with E-state index in [1.54, 1.807) is 115 Å². The largest absolute Gasteiger partial charge is 0.480 e. The predicted octanol–water partition coefficient (Wildman–Crippen LogP) is 6.98. The zero-order valence-corrected chi connectivity index (χ0v) is 70.0. The molecule has 1 saturated heterocycles. The zero-order chi connectivity index (χ0) is 83.0. The molecule has 0 aliphatic carbocycles. The average molecular weight is 1550 g/mol. The minimum absolute atomic E-state index is 0.0493. The van der Waals surface area contributed by atoms with Gasteiger partial charge in [0.2, 0.25) is 71.3 Å². The van der Waals surface area contributed by atoms with Gasteiger partial charge < -0.3 is 74.7 Å². The van der Waals surface area contributed by atoms with Gasteiger partial charge in [0.1, 0.15) is 71.9 Å². The Kier molecular flexibility index (Phi) is 38.1. The Morgan fingerprint density at radius 1 is 0.523 bits per heavy atom. The molecular formula is C79H128N11O18P. The van der Waals surface area contributed by atoms with E-state index in [-0.39, 0.29) is 80.3 Å². The predicted molar refractivity (Wildman–Crippen MR) is 416 cm³/mol. The molecule has 1 aliphatic rings. The zero-order valence-electron chi connectivity index (χ0n) is 69.1. The number of aliphatic hydroxyl groups is 1. The summed E-state index contributed by atoms with van der Waals surface area (Å²) in [5.41, 5.74) is 0.651. The van der Waals surface area contributed by atoms with Crippen LogP contribution in [0, 0.1) is 41.4 Å². The van der Waals surface area contributed by atoms with Gasteiger partial charge in [0.05, 0.1) is 19.3 Å². The summed E-state index contributed by atoms with van der Waals surface area (Å²) in [6.07, 6.45) is 0.482. The summed E-state index contributed by atoms with van der Waals surface area (Å²) >= 11 is 0. The number of allylic oxidation sites excluding steroid dienone is 1. The number of para-hydroxylation sites is 1. The van der Waals surface area contributed by atoms with Crippen LogP contribution in [-0.2, 0) is 71.4 Å². The fraction of sp³-hybridized carbons (Fsp3) is 0.671. The van der Waals surface area contributed by atoms with Crippen molar-refractivity contribution >= 4 is 84.6 Å². The van der Waals surface area contributed by atoms with Gasteiger partial charge in [0.15, 0.2) is 6.10 Å². The molecule has 0 spiro atoms. The number of esters is 1. The first kappa shape index (κ1) is 94.8. The molecule has 109 heavy (non-hydrogen) atoms. The Morgan fingerprint density at radius 3 is 1.50 bits per heavy atom. The number of hydrogen-bond acceptors (Lipinski definition) is 18. The van der Waals surface area contributed by atoms with Crippen molar-refractivity contribution in [1.82, 2.24) is 55.6 Å². The van der Waals surface area contributed by atoms with E-state index in [9.17, 15) is 48.0 Å². The molecule has 14 atom stereocenters. The third kappa shape index (κ3) is 27.8. The highest BCUT2D eigenvalue weighted by molar-refractivity contribution is 7.54. The number of hydrogen-bond donors (Lipinski definition) is 5. The van der Waals surface area contributed by atoms with Crippen molar-refractivity contribution < 1.29 is 85.7 Å². The van der Waals surface area contributed by atoms with Crippen LogP contribution in [0.1, 0.15) is 169 Å². The van der Waals surface area contributed by atoms with Crippen LogP contribution in [-0.4, -0.2) is 252 Å². The van der Waals surface area contributed by atoms with Crippen LogP contribution in [0.5, 0.6) is 11.5 Å². The van der Waals surface area contributed by atoms with E-state index in [1.165, 1.54) is 94.6 Å². The highest BCUT2D eigenvalue weighted by Gasteiger charge is 2.46. The number of carbonyl (C=O) groups is 12. The summed E-state index contributed by atoms with van der Waals surface area (Å²) in [5, 5.41) is 23.6. The molecule has 1 aliphatic heterocycles. The lowest BCUT2D eigenvalue weighted by molar-refractivity contribution is -0.157. The maximum Gasteiger partial charge on any atom is 0.417 e. The van der Waals surface area contributed by atoms with Crippen LogP contribution in [0.2, 0.25) is 0 Å². The normalized spacial score (nSPS) is 24.3. The van der Waals surface area contributed by atoms with Gasteiger partial charge in [-0.3, -0.25) is 57.3 Å². The molecule has 2 aromatic carbocycles. The molecule has 11 amide bonds. The Balaban J connectivity index is 2.26. The first-order valence-corrected chi connectivity index (χ1v) is 39.8. The van der Waals surface area contributed by atoms with E-state index in [0.29, 0.717) is 5.56 Å². The summed E-state index contributed by atoms with van der Waals surface area (Å²) in [7, 11) is 5.60. The van der Waals surface area contributed by atoms with Gasteiger partial charge in [-0.2, -0.15) is 0 Å². The van der Waals surface area contributed by atoms with Crippen molar-refractivity contribution in [1.29, 1.82) is 0 Å². The molecular weight excluding hydrogens is 1420 g/mol. The number of likely N-dealkylation sites (N-methyl/N-ethyl adjacent to an activating group) is 7. The van der Waals surface area contributed by atoms with Crippen LogP contribution in [0.3, 0.4) is 0 Å². The summed E-state index contributed by atoms with van der Waals surface area (Å²) in [6.45, 7) is 30.2. The van der Waals surface area contributed by atoms with Crippen molar-refractivity contribution in [2.24, 2.45) is 41.4 Å². The average Bonchev–Trinajstić information content (AvgIpc) is 0.793. The molecule has 0 saturated carbocycles. The van der Waals surface area contributed by atoms with Crippen molar-refractivity contribution in [3.63, 3.8) is 0 Å². The smallest absolute Gasteiger partial charge is 0.417 e. The molecule has 29 nitrogen and oxygen atoms in total. The number of nitrogens with zero attached hydrogens (tertiary/aromatic N) is 7. The monoisotopic (exact) mass is 1550 g/mol.